The molecule has 1 saturated heterocycles. The third kappa shape index (κ3) is 4.89. The zero-order valence-corrected chi connectivity index (χ0v) is 12.4. The Bertz CT molecular complexity index is 529. The van der Waals surface area contributed by atoms with Crippen LogP contribution < -0.4 is 0 Å². The molecule has 6 heteroatoms. The van der Waals surface area contributed by atoms with E-state index in [1.807, 2.05) is 30.3 Å². The summed E-state index contributed by atoms with van der Waals surface area (Å²) in [5.74, 6) is -0.452. The van der Waals surface area contributed by atoms with E-state index in [1.54, 1.807) is 11.0 Å². The van der Waals surface area contributed by atoms with Crippen molar-refractivity contribution in [2.45, 2.75) is 12.7 Å². The maximum Gasteiger partial charge on any atom is 0.410 e. The third-order valence-corrected chi connectivity index (χ3v) is 3.20. The van der Waals surface area contributed by atoms with Crippen LogP contribution in [-0.4, -0.2) is 49.9 Å². The minimum atomic E-state index is -0.452. The van der Waals surface area contributed by atoms with Gasteiger partial charge in [-0.15, -0.1) is 0 Å². The van der Waals surface area contributed by atoms with Crippen LogP contribution in [-0.2, 0) is 25.6 Å². The first-order valence-electron chi connectivity index (χ1n) is 7.02. The van der Waals surface area contributed by atoms with Gasteiger partial charge in [0, 0.05) is 12.6 Å². The molecule has 0 spiro atoms. The van der Waals surface area contributed by atoms with Crippen molar-refractivity contribution < 1.29 is 23.8 Å². The minimum absolute atomic E-state index is 0.236. The molecule has 0 aromatic heterocycles. The average molecular weight is 305 g/mol. The van der Waals surface area contributed by atoms with Crippen LogP contribution in [0.15, 0.2) is 42.5 Å². The standard InChI is InChI=1S/C16H19NO5/c1-20-15(18)8-7-14-11-17(9-10-21-14)16(19)22-12-13-5-3-2-4-6-13/h2-8,14H,9-12H2,1H3. The second kappa shape index (κ2) is 8.19. The van der Waals surface area contributed by atoms with Crippen molar-refractivity contribution in [2.24, 2.45) is 0 Å². The summed E-state index contributed by atoms with van der Waals surface area (Å²) in [6.45, 7) is 1.45. The van der Waals surface area contributed by atoms with Crippen LogP contribution in [0.3, 0.4) is 0 Å². The Hall–Kier alpha value is -2.34. The molecular weight excluding hydrogens is 286 g/mol. The van der Waals surface area contributed by atoms with E-state index in [9.17, 15) is 9.59 Å². The van der Waals surface area contributed by atoms with Gasteiger partial charge >= 0.3 is 12.1 Å². The molecular formula is C16H19NO5. The first kappa shape index (κ1) is 16.0. The summed E-state index contributed by atoms with van der Waals surface area (Å²) in [6.07, 6.45) is 2.16. The zero-order chi connectivity index (χ0) is 15.8. The molecule has 22 heavy (non-hydrogen) atoms. The number of benzene rings is 1. The Labute approximate surface area is 129 Å². The first-order valence-corrected chi connectivity index (χ1v) is 7.02. The van der Waals surface area contributed by atoms with Crippen molar-refractivity contribution in [1.82, 2.24) is 4.90 Å². The highest BCUT2D eigenvalue weighted by Crippen LogP contribution is 2.10. The molecule has 0 aliphatic carbocycles. The lowest BCUT2D eigenvalue weighted by molar-refractivity contribution is -0.134. The number of methoxy groups -OCH3 is 1. The molecule has 2 rings (SSSR count). The highest BCUT2D eigenvalue weighted by Gasteiger charge is 2.23. The molecule has 1 unspecified atom stereocenters. The number of amides is 1. The Morgan fingerprint density at radius 1 is 1.36 bits per heavy atom. The van der Waals surface area contributed by atoms with Gasteiger partial charge in [-0.2, -0.15) is 0 Å². The van der Waals surface area contributed by atoms with Crippen LogP contribution in [0, 0.1) is 0 Å². The van der Waals surface area contributed by atoms with Crippen LogP contribution in [0.2, 0.25) is 0 Å². The predicted molar refractivity (Wildman–Crippen MR) is 79.1 cm³/mol. The van der Waals surface area contributed by atoms with Gasteiger partial charge in [0.2, 0.25) is 0 Å². The van der Waals surface area contributed by atoms with Gasteiger partial charge in [0.15, 0.2) is 0 Å². The van der Waals surface area contributed by atoms with Gasteiger partial charge in [-0.3, -0.25) is 0 Å². The molecule has 1 aliphatic rings. The van der Waals surface area contributed by atoms with E-state index in [0.717, 1.165) is 5.56 Å². The molecule has 6 nitrogen and oxygen atoms in total. The predicted octanol–water partition coefficient (Wildman–Crippen LogP) is 1.75. The van der Waals surface area contributed by atoms with Gasteiger partial charge < -0.3 is 19.1 Å². The number of hydrogen-bond donors (Lipinski definition) is 0. The first-order chi connectivity index (χ1) is 10.7. The van der Waals surface area contributed by atoms with E-state index >= 15 is 0 Å². The maximum atomic E-state index is 12.0. The minimum Gasteiger partial charge on any atom is -0.466 e. The Morgan fingerprint density at radius 2 is 2.14 bits per heavy atom. The van der Waals surface area contributed by atoms with Crippen molar-refractivity contribution in [3.8, 4) is 0 Å². The summed E-state index contributed by atoms with van der Waals surface area (Å²) in [5.41, 5.74) is 0.936. The van der Waals surface area contributed by atoms with Gasteiger partial charge in [-0.05, 0) is 11.6 Å². The second-order valence-electron chi connectivity index (χ2n) is 4.78. The quantitative estimate of drug-likeness (QED) is 0.626. The molecule has 118 valence electrons. The van der Waals surface area contributed by atoms with Crippen molar-refractivity contribution >= 4 is 12.1 Å². The fraction of sp³-hybridized carbons (Fsp3) is 0.375. The molecule has 0 N–H and O–H groups in total. The number of hydrogen-bond acceptors (Lipinski definition) is 5. The maximum absolute atomic E-state index is 12.0. The van der Waals surface area contributed by atoms with Crippen molar-refractivity contribution in [3.05, 3.63) is 48.0 Å². The van der Waals surface area contributed by atoms with Gasteiger partial charge in [-0.1, -0.05) is 30.3 Å². The van der Waals surface area contributed by atoms with Crippen molar-refractivity contribution in [1.29, 1.82) is 0 Å². The van der Waals surface area contributed by atoms with Gasteiger partial charge in [0.05, 0.1) is 26.4 Å². The van der Waals surface area contributed by atoms with E-state index in [1.165, 1.54) is 13.2 Å². The van der Waals surface area contributed by atoms with Crippen molar-refractivity contribution in [2.75, 3.05) is 26.8 Å². The Morgan fingerprint density at radius 3 is 2.86 bits per heavy atom. The van der Waals surface area contributed by atoms with Gasteiger partial charge in [0.1, 0.15) is 6.61 Å². The number of morpholine rings is 1. The lowest BCUT2D eigenvalue weighted by Gasteiger charge is -2.30. The second-order valence-corrected chi connectivity index (χ2v) is 4.78. The zero-order valence-electron chi connectivity index (χ0n) is 12.4. The molecule has 1 fully saturated rings. The SMILES string of the molecule is COC(=O)C=CC1CN(C(=O)OCc2ccccc2)CCO1. The molecule has 0 bridgehead atoms. The molecule has 1 amide bonds. The fourth-order valence-corrected chi connectivity index (χ4v) is 2.02. The van der Waals surface area contributed by atoms with Crippen LogP contribution in [0.5, 0.6) is 0 Å². The average Bonchev–Trinajstić information content (AvgIpc) is 2.58. The normalized spacial score (nSPS) is 18.2. The van der Waals surface area contributed by atoms with Crippen LogP contribution in [0.25, 0.3) is 0 Å². The largest absolute Gasteiger partial charge is 0.466 e. The number of carbonyl (C=O) groups excluding carboxylic acids is 2. The summed E-state index contributed by atoms with van der Waals surface area (Å²) in [7, 11) is 1.31. The summed E-state index contributed by atoms with van der Waals surface area (Å²) in [6, 6.07) is 9.49. The Kier molecular flexibility index (Phi) is 5.97. The monoisotopic (exact) mass is 305 g/mol. The van der Waals surface area contributed by atoms with Crippen LogP contribution in [0.1, 0.15) is 5.56 Å². The van der Waals surface area contributed by atoms with E-state index in [2.05, 4.69) is 4.74 Å². The summed E-state index contributed by atoms with van der Waals surface area (Å²) in [4.78, 5) is 24.7. The van der Waals surface area contributed by atoms with E-state index < -0.39 is 5.97 Å². The van der Waals surface area contributed by atoms with E-state index in [0.29, 0.717) is 19.7 Å². The smallest absolute Gasteiger partial charge is 0.410 e. The van der Waals surface area contributed by atoms with Gasteiger partial charge in [0.25, 0.3) is 0 Å². The third-order valence-electron chi connectivity index (χ3n) is 3.20. The van der Waals surface area contributed by atoms with Gasteiger partial charge in [-0.25, -0.2) is 9.59 Å². The highest BCUT2D eigenvalue weighted by atomic mass is 16.6. The number of ether oxygens (including phenoxy) is 3. The van der Waals surface area contributed by atoms with Crippen molar-refractivity contribution in [3.63, 3.8) is 0 Å². The number of carbonyl (C=O) groups is 2. The molecule has 1 aliphatic heterocycles. The number of rotatable bonds is 4. The van der Waals surface area contributed by atoms with Crippen LogP contribution >= 0.6 is 0 Å². The van der Waals surface area contributed by atoms with Crippen LogP contribution in [0.4, 0.5) is 4.79 Å². The summed E-state index contributed by atoms with van der Waals surface area (Å²) < 4.78 is 15.3. The molecule has 1 atom stereocenters. The molecule has 1 heterocycles. The highest BCUT2D eigenvalue weighted by molar-refractivity contribution is 5.81. The lowest BCUT2D eigenvalue weighted by atomic mass is 10.2. The fourth-order valence-electron chi connectivity index (χ4n) is 2.02. The number of esters is 1. The topological polar surface area (TPSA) is 65.1 Å². The summed E-state index contributed by atoms with van der Waals surface area (Å²) >= 11 is 0. The van der Waals surface area contributed by atoms with E-state index in [4.69, 9.17) is 9.47 Å². The molecule has 0 saturated carbocycles. The lowest BCUT2D eigenvalue weighted by Crippen LogP contribution is -2.45. The summed E-state index contributed by atoms with van der Waals surface area (Å²) in [5, 5.41) is 0. The molecule has 0 radical (unpaired) electrons. The van der Waals surface area contributed by atoms with E-state index in [-0.39, 0.29) is 18.8 Å². The molecule has 1 aromatic rings. The molecule has 1 aromatic carbocycles. The number of nitrogens with zero attached hydrogens (tertiary/aromatic N) is 1. The Balaban J connectivity index is 1.82.